The van der Waals surface area contributed by atoms with Gasteiger partial charge in [-0.2, -0.15) is 0 Å². The number of halogens is 3. The Bertz CT molecular complexity index is 56.4. The lowest BCUT2D eigenvalue weighted by Gasteiger charge is -1.94. The molecule has 0 bridgehead atoms. The fourth-order valence-electron chi connectivity index (χ4n) is 0.204. The molecule has 0 aromatic heterocycles. The molecule has 0 aliphatic heterocycles. The van der Waals surface area contributed by atoms with Crippen LogP contribution in [0.3, 0.4) is 0 Å². The van der Waals surface area contributed by atoms with Crippen molar-refractivity contribution in [2.45, 2.75) is 17.3 Å². The number of hydrogen-bond acceptors (Lipinski definition) is 1. The van der Waals surface area contributed by atoms with E-state index in [1.807, 2.05) is 13.8 Å². The van der Waals surface area contributed by atoms with Crippen molar-refractivity contribution in [3.8, 4) is 0 Å². The quantitative estimate of drug-likeness (QED) is 0.512. The van der Waals surface area contributed by atoms with Crippen LogP contribution in [0.2, 0.25) is 0 Å². The largest absolute Gasteiger partial charge is 0.382 e. The highest BCUT2D eigenvalue weighted by molar-refractivity contribution is 6.81. The molecule has 0 aromatic rings. The van der Waals surface area contributed by atoms with Gasteiger partial charge in [-0.15, -0.1) is 0 Å². The minimum Gasteiger partial charge on any atom is -0.382 e. The van der Waals surface area contributed by atoms with E-state index in [1.165, 1.54) is 0 Å². The van der Waals surface area contributed by atoms with Crippen molar-refractivity contribution in [2.75, 3.05) is 13.2 Å². The summed E-state index contributed by atoms with van der Waals surface area (Å²) in [7, 11) is 0.604. The predicted octanol–water partition coefficient (Wildman–Crippen LogP) is 1.72. The van der Waals surface area contributed by atoms with E-state index in [1.54, 1.807) is 0 Å². The number of alkyl halides is 3. The average molecular weight is 224 g/mol. The Morgan fingerprint density at radius 2 is 1.40 bits per heavy atom. The summed E-state index contributed by atoms with van der Waals surface area (Å²) in [5, 5.41) is 0. The number of rotatable bonds is 2. The van der Waals surface area contributed by atoms with Crippen LogP contribution in [0.15, 0.2) is 0 Å². The molecule has 1 nitrogen and oxygen atoms in total. The van der Waals surface area contributed by atoms with Crippen LogP contribution in [0, 0.1) is 0 Å². The summed E-state index contributed by atoms with van der Waals surface area (Å²) in [4.78, 5) is 0. The SMILES string of the molecule is CCOCC.[SiH3]C(Cl)(Cl)Cl. The van der Waals surface area contributed by atoms with Crippen LogP contribution in [0.5, 0.6) is 0 Å². The third-order valence-electron chi connectivity index (χ3n) is 0.408. The Morgan fingerprint density at radius 3 is 1.40 bits per heavy atom. The first kappa shape index (κ1) is 13.6. The molecule has 0 aliphatic rings. The minimum absolute atomic E-state index is 0.604. The molecule has 0 saturated heterocycles. The summed E-state index contributed by atoms with van der Waals surface area (Å²) in [6.45, 7) is 5.67. The topological polar surface area (TPSA) is 9.23 Å². The summed E-state index contributed by atoms with van der Waals surface area (Å²) in [5.41, 5.74) is 0. The van der Waals surface area contributed by atoms with Gasteiger partial charge in [0.1, 0.15) is 0 Å². The molecule has 0 radical (unpaired) electrons. The van der Waals surface area contributed by atoms with Crippen molar-refractivity contribution < 1.29 is 4.74 Å². The molecule has 64 valence electrons. The predicted molar refractivity (Wildman–Crippen MR) is 52.4 cm³/mol. The molecule has 0 rings (SSSR count). The van der Waals surface area contributed by atoms with Gasteiger partial charge in [0.05, 0.1) is 10.2 Å². The lowest BCUT2D eigenvalue weighted by atomic mass is 10.8. The van der Waals surface area contributed by atoms with E-state index in [0.29, 0.717) is 10.2 Å². The highest BCUT2D eigenvalue weighted by Gasteiger charge is 2.06. The maximum Gasteiger partial charge on any atom is 0.166 e. The average Bonchev–Trinajstić information content (AvgIpc) is 1.63. The van der Waals surface area contributed by atoms with Crippen LogP contribution in [0.1, 0.15) is 13.8 Å². The van der Waals surface area contributed by atoms with Gasteiger partial charge in [-0.05, 0) is 13.8 Å². The minimum atomic E-state index is -0.944. The molecule has 0 aromatic carbocycles. The molecule has 0 amide bonds. The third kappa shape index (κ3) is 63.1. The Balaban J connectivity index is 0. The van der Waals surface area contributed by atoms with Gasteiger partial charge in [-0.3, -0.25) is 0 Å². The summed E-state index contributed by atoms with van der Waals surface area (Å²) in [6, 6.07) is 0. The van der Waals surface area contributed by atoms with Gasteiger partial charge < -0.3 is 4.74 Å². The van der Waals surface area contributed by atoms with Gasteiger partial charge in [-0.25, -0.2) is 0 Å². The van der Waals surface area contributed by atoms with Crippen LogP contribution < -0.4 is 0 Å². The molecule has 0 saturated carbocycles. The van der Waals surface area contributed by atoms with Crippen molar-refractivity contribution in [1.82, 2.24) is 0 Å². The van der Waals surface area contributed by atoms with Crippen molar-refractivity contribution in [3.63, 3.8) is 0 Å². The number of hydrogen-bond donors (Lipinski definition) is 0. The van der Waals surface area contributed by atoms with Crippen molar-refractivity contribution in [3.05, 3.63) is 0 Å². The van der Waals surface area contributed by atoms with Crippen LogP contribution in [0.25, 0.3) is 0 Å². The molecule has 0 aliphatic carbocycles. The maximum absolute atomic E-state index is 5.12. The Labute approximate surface area is 80.4 Å². The molecule has 0 heterocycles. The van der Waals surface area contributed by atoms with E-state index in [9.17, 15) is 0 Å². The van der Waals surface area contributed by atoms with Gasteiger partial charge in [0, 0.05) is 13.2 Å². The first-order chi connectivity index (χ1) is 4.41. The van der Waals surface area contributed by atoms with Crippen LogP contribution in [-0.4, -0.2) is 26.9 Å². The van der Waals surface area contributed by atoms with E-state index >= 15 is 0 Å². The molecule has 0 unspecified atom stereocenters. The highest BCUT2D eigenvalue weighted by Crippen LogP contribution is 2.19. The lowest BCUT2D eigenvalue weighted by Crippen LogP contribution is -1.96. The Kier molecular flexibility index (Phi) is 11.1. The first-order valence-electron chi connectivity index (χ1n) is 3.06. The monoisotopic (exact) mass is 222 g/mol. The first-order valence-corrected chi connectivity index (χ1v) is 5.19. The van der Waals surface area contributed by atoms with E-state index in [2.05, 4.69) is 0 Å². The summed E-state index contributed by atoms with van der Waals surface area (Å²) >= 11 is 15.4. The van der Waals surface area contributed by atoms with Gasteiger partial charge >= 0.3 is 0 Å². The second kappa shape index (κ2) is 8.15. The van der Waals surface area contributed by atoms with Gasteiger partial charge in [0.25, 0.3) is 0 Å². The van der Waals surface area contributed by atoms with Crippen molar-refractivity contribution in [1.29, 1.82) is 0 Å². The second-order valence-electron chi connectivity index (χ2n) is 1.56. The normalized spacial score (nSPS) is 10.5. The van der Waals surface area contributed by atoms with Gasteiger partial charge in [-0.1, -0.05) is 34.8 Å². The van der Waals surface area contributed by atoms with E-state index in [-0.39, 0.29) is 0 Å². The molecular weight excluding hydrogens is 210 g/mol. The zero-order chi connectivity index (χ0) is 8.62. The van der Waals surface area contributed by atoms with Crippen LogP contribution in [0.4, 0.5) is 0 Å². The zero-order valence-electron chi connectivity index (χ0n) is 6.46. The summed E-state index contributed by atoms with van der Waals surface area (Å²) in [6.07, 6.45) is 0. The van der Waals surface area contributed by atoms with Crippen LogP contribution in [-0.2, 0) is 4.74 Å². The molecule has 10 heavy (non-hydrogen) atoms. The Morgan fingerprint density at radius 1 is 1.20 bits per heavy atom. The second-order valence-corrected chi connectivity index (χ2v) is 7.81. The summed E-state index contributed by atoms with van der Waals surface area (Å²) < 4.78 is 3.89. The van der Waals surface area contributed by atoms with Gasteiger partial charge in [0.15, 0.2) is 3.42 Å². The van der Waals surface area contributed by atoms with E-state index < -0.39 is 3.42 Å². The maximum atomic E-state index is 5.12. The smallest absolute Gasteiger partial charge is 0.166 e. The molecule has 0 fully saturated rings. The fraction of sp³-hybridized carbons (Fsp3) is 1.00. The molecular formula is C5H13Cl3OSi. The molecule has 0 N–H and O–H groups in total. The highest BCUT2D eigenvalue weighted by atomic mass is 35.6. The Hall–Kier alpha value is 1.05. The third-order valence-corrected chi connectivity index (χ3v) is 0.408. The van der Waals surface area contributed by atoms with E-state index in [4.69, 9.17) is 39.5 Å². The standard InChI is InChI=1S/C4H10O.CH3Cl3Si/c1-3-5-4-2;2-1(3,4)5/h3-4H2,1-2H3;5H3. The summed E-state index contributed by atoms with van der Waals surface area (Å²) in [5.74, 6) is 0. The van der Waals surface area contributed by atoms with Crippen molar-refractivity contribution in [2.24, 2.45) is 0 Å². The molecule has 0 atom stereocenters. The van der Waals surface area contributed by atoms with Crippen molar-refractivity contribution >= 4 is 45.0 Å². The molecule has 5 heteroatoms. The zero-order valence-corrected chi connectivity index (χ0v) is 10.7. The fourth-order valence-corrected chi connectivity index (χ4v) is 0.204. The van der Waals surface area contributed by atoms with Gasteiger partial charge in [0.2, 0.25) is 0 Å². The van der Waals surface area contributed by atoms with E-state index in [0.717, 1.165) is 13.2 Å². The van der Waals surface area contributed by atoms with Crippen LogP contribution >= 0.6 is 34.8 Å². The lowest BCUT2D eigenvalue weighted by molar-refractivity contribution is 0.162. The number of ether oxygens (including phenoxy) is 1. The molecule has 0 spiro atoms.